The van der Waals surface area contributed by atoms with E-state index in [2.05, 4.69) is 5.16 Å². The Morgan fingerprint density at radius 2 is 2.04 bits per heavy atom. The molecule has 0 aliphatic heterocycles. The summed E-state index contributed by atoms with van der Waals surface area (Å²) >= 11 is 0. The molecule has 1 aliphatic rings. The third-order valence-corrected chi connectivity index (χ3v) is 4.27. The summed E-state index contributed by atoms with van der Waals surface area (Å²) in [6, 6.07) is 5.42. The Labute approximate surface area is 144 Å². The Bertz CT molecular complexity index is 822. The summed E-state index contributed by atoms with van der Waals surface area (Å²) in [4.78, 5) is 26.4. The van der Waals surface area contributed by atoms with Gasteiger partial charge in [0.05, 0.1) is 14.2 Å². The SMILES string of the molecule is CCN(C(=O)Cn1c(-c2ccc(OC)c(OC)c2)noc1=O)C1CC1. The summed E-state index contributed by atoms with van der Waals surface area (Å²) in [7, 11) is 3.06. The maximum Gasteiger partial charge on any atom is 0.442 e. The molecule has 0 N–H and O–H groups in total. The van der Waals surface area contributed by atoms with E-state index in [4.69, 9.17) is 14.0 Å². The van der Waals surface area contributed by atoms with Gasteiger partial charge in [-0.05, 0) is 38.0 Å². The lowest BCUT2D eigenvalue weighted by molar-refractivity contribution is -0.132. The van der Waals surface area contributed by atoms with E-state index >= 15 is 0 Å². The van der Waals surface area contributed by atoms with Gasteiger partial charge in [0.15, 0.2) is 17.3 Å². The molecule has 1 aromatic carbocycles. The lowest BCUT2D eigenvalue weighted by Crippen LogP contribution is -2.37. The van der Waals surface area contributed by atoms with Gasteiger partial charge >= 0.3 is 5.76 Å². The van der Waals surface area contributed by atoms with E-state index in [-0.39, 0.29) is 24.3 Å². The summed E-state index contributed by atoms with van der Waals surface area (Å²) in [5.41, 5.74) is 0.603. The molecule has 0 spiro atoms. The van der Waals surface area contributed by atoms with E-state index in [0.717, 1.165) is 12.8 Å². The van der Waals surface area contributed by atoms with Gasteiger partial charge in [-0.25, -0.2) is 9.36 Å². The molecule has 3 rings (SSSR count). The number of methoxy groups -OCH3 is 2. The van der Waals surface area contributed by atoms with Crippen LogP contribution in [0.25, 0.3) is 11.4 Å². The Morgan fingerprint density at radius 3 is 2.64 bits per heavy atom. The number of likely N-dealkylation sites (N-methyl/N-ethyl adjacent to an activating group) is 1. The van der Waals surface area contributed by atoms with Crippen LogP contribution in [0, 0.1) is 0 Å². The minimum atomic E-state index is -0.662. The maximum atomic E-state index is 12.5. The monoisotopic (exact) mass is 347 g/mol. The number of benzene rings is 1. The molecule has 1 aromatic heterocycles. The maximum absolute atomic E-state index is 12.5. The summed E-state index contributed by atoms with van der Waals surface area (Å²) in [6.07, 6.45) is 2.03. The third-order valence-electron chi connectivity index (χ3n) is 4.27. The van der Waals surface area contributed by atoms with Crippen molar-refractivity contribution in [3.05, 3.63) is 28.7 Å². The average Bonchev–Trinajstić information content (AvgIpc) is 3.39. The molecule has 25 heavy (non-hydrogen) atoms. The minimum absolute atomic E-state index is 0.101. The number of carbonyl (C=O) groups is 1. The van der Waals surface area contributed by atoms with Gasteiger partial charge < -0.3 is 14.4 Å². The second kappa shape index (κ2) is 7.00. The highest BCUT2D eigenvalue weighted by Crippen LogP contribution is 2.31. The molecule has 1 fully saturated rings. The Hall–Kier alpha value is -2.77. The van der Waals surface area contributed by atoms with E-state index in [0.29, 0.717) is 23.6 Å². The van der Waals surface area contributed by atoms with Crippen molar-refractivity contribution in [3.63, 3.8) is 0 Å². The highest BCUT2D eigenvalue weighted by Gasteiger charge is 2.32. The topological polar surface area (TPSA) is 86.8 Å². The molecule has 0 bridgehead atoms. The lowest BCUT2D eigenvalue weighted by atomic mass is 10.2. The molecular formula is C17H21N3O5. The first-order valence-corrected chi connectivity index (χ1v) is 8.17. The van der Waals surface area contributed by atoms with Gasteiger partial charge in [0.2, 0.25) is 5.91 Å². The Balaban J connectivity index is 1.91. The van der Waals surface area contributed by atoms with Crippen molar-refractivity contribution >= 4 is 5.91 Å². The predicted octanol–water partition coefficient (Wildman–Crippen LogP) is 1.53. The molecule has 0 atom stereocenters. The second-order valence-corrected chi connectivity index (χ2v) is 5.84. The highest BCUT2D eigenvalue weighted by atomic mass is 16.5. The number of hydrogen-bond acceptors (Lipinski definition) is 6. The molecule has 134 valence electrons. The van der Waals surface area contributed by atoms with Crippen molar-refractivity contribution in [3.8, 4) is 22.9 Å². The van der Waals surface area contributed by atoms with Crippen LogP contribution in [0.15, 0.2) is 27.5 Å². The number of hydrogen-bond donors (Lipinski definition) is 0. The molecule has 1 heterocycles. The van der Waals surface area contributed by atoms with Crippen LogP contribution < -0.4 is 15.2 Å². The van der Waals surface area contributed by atoms with E-state index in [1.807, 2.05) is 6.92 Å². The zero-order valence-corrected chi connectivity index (χ0v) is 14.5. The Morgan fingerprint density at radius 1 is 1.32 bits per heavy atom. The number of ether oxygens (including phenoxy) is 2. The first kappa shape index (κ1) is 17.1. The van der Waals surface area contributed by atoms with Gasteiger partial charge in [-0.1, -0.05) is 5.16 Å². The van der Waals surface area contributed by atoms with Crippen LogP contribution >= 0.6 is 0 Å². The summed E-state index contributed by atoms with van der Waals surface area (Å²) in [6.45, 7) is 2.45. The van der Waals surface area contributed by atoms with Crippen LogP contribution in [-0.2, 0) is 11.3 Å². The minimum Gasteiger partial charge on any atom is -0.493 e. The van der Waals surface area contributed by atoms with Crippen molar-refractivity contribution < 1.29 is 18.8 Å². The van der Waals surface area contributed by atoms with Crippen molar-refractivity contribution in [2.24, 2.45) is 0 Å². The largest absolute Gasteiger partial charge is 0.493 e. The van der Waals surface area contributed by atoms with Gasteiger partial charge in [-0.15, -0.1) is 0 Å². The van der Waals surface area contributed by atoms with Crippen molar-refractivity contribution in [1.82, 2.24) is 14.6 Å². The van der Waals surface area contributed by atoms with Gasteiger partial charge in [0, 0.05) is 18.2 Å². The van der Waals surface area contributed by atoms with E-state index in [9.17, 15) is 9.59 Å². The van der Waals surface area contributed by atoms with Crippen LogP contribution in [0.2, 0.25) is 0 Å². The normalized spacial score (nSPS) is 13.6. The van der Waals surface area contributed by atoms with Crippen molar-refractivity contribution in [2.75, 3.05) is 20.8 Å². The quantitative estimate of drug-likeness (QED) is 0.755. The van der Waals surface area contributed by atoms with Crippen LogP contribution in [0.4, 0.5) is 0 Å². The predicted molar refractivity (Wildman–Crippen MR) is 89.7 cm³/mol. The molecular weight excluding hydrogens is 326 g/mol. The van der Waals surface area contributed by atoms with Crippen molar-refractivity contribution in [1.29, 1.82) is 0 Å². The zero-order chi connectivity index (χ0) is 18.0. The van der Waals surface area contributed by atoms with E-state index in [1.54, 1.807) is 30.2 Å². The molecule has 8 nitrogen and oxygen atoms in total. The molecule has 1 aliphatic carbocycles. The molecule has 0 unspecified atom stereocenters. The van der Waals surface area contributed by atoms with Gasteiger partial charge in [0.1, 0.15) is 6.54 Å². The fraction of sp³-hybridized carbons (Fsp3) is 0.471. The van der Waals surface area contributed by atoms with Gasteiger partial charge in [0.25, 0.3) is 0 Å². The first-order valence-electron chi connectivity index (χ1n) is 8.17. The summed E-state index contributed by atoms with van der Waals surface area (Å²) in [5.74, 6) is 0.570. The summed E-state index contributed by atoms with van der Waals surface area (Å²) in [5, 5.41) is 3.82. The highest BCUT2D eigenvalue weighted by molar-refractivity contribution is 5.77. The standard InChI is InChI=1S/C17H21N3O5/c1-4-19(12-6-7-12)15(21)10-20-16(18-25-17(20)22)11-5-8-13(23-2)14(9-11)24-3/h5,8-9,12H,4,6-7,10H2,1-3H3. The second-order valence-electron chi connectivity index (χ2n) is 5.84. The molecule has 2 aromatic rings. The molecule has 0 radical (unpaired) electrons. The van der Waals surface area contributed by atoms with E-state index in [1.165, 1.54) is 11.7 Å². The van der Waals surface area contributed by atoms with Crippen LogP contribution in [0.1, 0.15) is 19.8 Å². The third kappa shape index (κ3) is 3.38. The van der Waals surface area contributed by atoms with E-state index < -0.39 is 5.76 Å². The number of nitrogens with zero attached hydrogens (tertiary/aromatic N) is 3. The number of amides is 1. The van der Waals surface area contributed by atoms with Gasteiger partial charge in [-0.2, -0.15) is 0 Å². The van der Waals surface area contributed by atoms with Crippen LogP contribution in [-0.4, -0.2) is 47.3 Å². The number of rotatable bonds is 7. The first-order chi connectivity index (χ1) is 12.1. The van der Waals surface area contributed by atoms with Crippen LogP contribution in [0.5, 0.6) is 11.5 Å². The Kier molecular flexibility index (Phi) is 4.78. The zero-order valence-electron chi connectivity index (χ0n) is 14.5. The summed E-state index contributed by atoms with van der Waals surface area (Å²) < 4.78 is 16.5. The molecule has 8 heteroatoms. The molecule has 0 saturated heterocycles. The van der Waals surface area contributed by atoms with Crippen molar-refractivity contribution in [2.45, 2.75) is 32.4 Å². The lowest BCUT2D eigenvalue weighted by Gasteiger charge is -2.20. The fourth-order valence-corrected chi connectivity index (χ4v) is 2.84. The molecule has 1 saturated carbocycles. The van der Waals surface area contributed by atoms with Crippen LogP contribution in [0.3, 0.4) is 0 Å². The molecule has 1 amide bonds. The number of carbonyl (C=O) groups excluding carboxylic acids is 1. The van der Waals surface area contributed by atoms with Gasteiger partial charge in [-0.3, -0.25) is 9.32 Å². The average molecular weight is 347 g/mol. The fourth-order valence-electron chi connectivity index (χ4n) is 2.84. The smallest absolute Gasteiger partial charge is 0.442 e. The number of aromatic nitrogens is 2.